The molecule has 0 bridgehead atoms. The summed E-state index contributed by atoms with van der Waals surface area (Å²) in [6.07, 6.45) is 1.66. The Balaban J connectivity index is 2.28. The van der Waals surface area contributed by atoms with Gasteiger partial charge in [0.05, 0.1) is 29.5 Å². The highest BCUT2D eigenvalue weighted by Crippen LogP contribution is 2.35. The van der Waals surface area contributed by atoms with Crippen LogP contribution < -0.4 is 4.74 Å². The predicted molar refractivity (Wildman–Crippen MR) is 91.3 cm³/mol. The molecule has 2 heterocycles. The lowest BCUT2D eigenvalue weighted by Crippen LogP contribution is -2.23. The van der Waals surface area contributed by atoms with Crippen LogP contribution in [-0.4, -0.2) is 52.0 Å². The van der Waals surface area contributed by atoms with Gasteiger partial charge < -0.3 is 9.64 Å². The first-order chi connectivity index (χ1) is 11.4. The minimum atomic E-state index is -0.265. The van der Waals surface area contributed by atoms with E-state index in [9.17, 15) is 4.79 Å². The second-order valence-corrected chi connectivity index (χ2v) is 5.86. The van der Waals surface area contributed by atoms with E-state index in [0.29, 0.717) is 15.9 Å². The van der Waals surface area contributed by atoms with Crippen LogP contribution in [0.25, 0.3) is 22.2 Å². The first kappa shape index (κ1) is 16.2. The Bertz CT molecular complexity index is 936. The highest BCUT2D eigenvalue weighted by atomic mass is 35.5. The third kappa shape index (κ3) is 2.56. The van der Waals surface area contributed by atoms with Crippen molar-refractivity contribution in [1.82, 2.24) is 24.9 Å². The van der Waals surface area contributed by atoms with Crippen molar-refractivity contribution in [1.29, 1.82) is 0 Å². The van der Waals surface area contributed by atoms with E-state index in [1.807, 2.05) is 18.2 Å². The Hall–Kier alpha value is -2.67. The Kier molecular flexibility index (Phi) is 4.11. The van der Waals surface area contributed by atoms with Gasteiger partial charge in [0.15, 0.2) is 0 Å². The van der Waals surface area contributed by atoms with Gasteiger partial charge in [-0.3, -0.25) is 4.79 Å². The number of halogens is 1. The predicted octanol–water partition coefficient (Wildman–Crippen LogP) is 2.39. The Morgan fingerprint density at radius 3 is 2.67 bits per heavy atom. The van der Waals surface area contributed by atoms with Crippen molar-refractivity contribution in [2.75, 3.05) is 21.2 Å². The molecule has 24 heavy (non-hydrogen) atoms. The molecule has 124 valence electrons. The molecule has 0 N–H and O–H groups in total. The maximum absolute atomic E-state index is 12.5. The molecule has 7 nitrogen and oxygen atoms in total. The first-order valence-electron chi connectivity index (χ1n) is 7.18. The van der Waals surface area contributed by atoms with Gasteiger partial charge >= 0.3 is 0 Å². The monoisotopic (exact) mass is 345 g/mol. The fourth-order valence-corrected chi connectivity index (χ4v) is 2.78. The number of benzene rings is 1. The van der Waals surface area contributed by atoms with E-state index in [1.165, 1.54) is 12.0 Å². The number of carbonyl (C=O) groups is 1. The average molecular weight is 346 g/mol. The molecule has 3 rings (SSSR count). The van der Waals surface area contributed by atoms with Crippen molar-refractivity contribution in [3.8, 4) is 17.1 Å². The molecular formula is C16H16ClN5O2. The molecule has 0 saturated carbocycles. The molecule has 0 aliphatic heterocycles. The quantitative estimate of drug-likeness (QED) is 0.728. The van der Waals surface area contributed by atoms with Crippen LogP contribution >= 0.6 is 11.6 Å². The standard InChI is InChI=1S/C16H16ClN5O2/c1-21(2)16(23)13-14(17)10-7-9(12-8-18-20-22(12)3)5-6-11(10)19-15(13)24-4/h5-8H,1-4H3. The number of methoxy groups -OCH3 is 1. The number of fused-ring (bicyclic) bond motifs is 1. The molecular weight excluding hydrogens is 330 g/mol. The van der Waals surface area contributed by atoms with E-state index in [4.69, 9.17) is 16.3 Å². The molecule has 1 aromatic carbocycles. The summed E-state index contributed by atoms with van der Waals surface area (Å²) in [5.74, 6) is -0.0556. The number of hydrogen-bond donors (Lipinski definition) is 0. The van der Waals surface area contributed by atoms with E-state index in [0.717, 1.165) is 11.3 Å². The maximum Gasteiger partial charge on any atom is 0.260 e. The van der Waals surface area contributed by atoms with Crippen LogP contribution in [0.4, 0.5) is 0 Å². The normalized spacial score (nSPS) is 10.9. The molecule has 0 aliphatic carbocycles. The van der Waals surface area contributed by atoms with Crippen molar-refractivity contribution < 1.29 is 9.53 Å². The third-order valence-electron chi connectivity index (χ3n) is 3.71. The molecule has 1 amide bonds. The number of nitrogens with zero attached hydrogens (tertiary/aromatic N) is 5. The molecule has 3 aromatic rings. The molecule has 0 unspecified atom stereocenters. The van der Waals surface area contributed by atoms with Crippen molar-refractivity contribution in [2.45, 2.75) is 0 Å². The van der Waals surface area contributed by atoms with Crippen molar-refractivity contribution >= 4 is 28.4 Å². The Labute approximate surface area is 143 Å². The van der Waals surface area contributed by atoms with Crippen LogP contribution in [0.1, 0.15) is 10.4 Å². The molecule has 0 radical (unpaired) electrons. The summed E-state index contributed by atoms with van der Waals surface area (Å²) in [4.78, 5) is 18.3. The molecule has 0 spiro atoms. The summed E-state index contributed by atoms with van der Waals surface area (Å²) in [6, 6.07) is 5.60. The van der Waals surface area contributed by atoms with E-state index < -0.39 is 0 Å². The summed E-state index contributed by atoms with van der Waals surface area (Å²) in [5.41, 5.74) is 2.61. The van der Waals surface area contributed by atoms with Crippen molar-refractivity contribution in [3.63, 3.8) is 0 Å². The number of pyridine rings is 1. The van der Waals surface area contributed by atoms with E-state index in [2.05, 4.69) is 15.3 Å². The molecule has 0 fully saturated rings. The maximum atomic E-state index is 12.5. The zero-order valence-electron chi connectivity index (χ0n) is 13.7. The van der Waals surface area contributed by atoms with Crippen molar-refractivity contribution in [2.24, 2.45) is 7.05 Å². The summed E-state index contributed by atoms with van der Waals surface area (Å²) < 4.78 is 6.92. The fraction of sp³-hybridized carbons (Fsp3) is 0.250. The Morgan fingerprint density at radius 1 is 1.33 bits per heavy atom. The van der Waals surface area contributed by atoms with E-state index >= 15 is 0 Å². The number of aryl methyl sites for hydroxylation is 1. The summed E-state index contributed by atoms with van der Waals surface area (Å²) in [7, 11) is 6.58. The van der Waals surface area contributed by atoms with Gasteiger partial charge in [0.1, 0.15) is 5.56 Å². The molecule has 8 heteroatoms. The number of aromatic nitrogens is 4. The number of carbonyl (C=O) groups excluding carboxylic acids is 1. The lowest BCUT2D eigenvalue weighted by molar-refractivity contribution is 0.0824. The van der Waals surface area contributed by atoms with E-state index in [-0.39, 0.29) is 17.4 Å². The highest BCUT2D eigenvalue weighted by Gasteiger charge is 2.23. The van der Waals surface area contributed by atoms with Gasteiger partial charge in [-0.25, -0.2) is 9.67 Å². The molecule has 0 aliphatic rings. The lowest BCUT2D eigenvalue weighted by Gasteiger charge is -2.16. The van der Waals surface area contributed by atoms with Crippen LogP contribution in [0, 0.1) is 0 Å². The SMILES string of the molecule is COc1nc2ccc(-c3cnnn3C)cc2c(Cl)c1C(=O)N(C)C. The third-order valence-corrected chi connectivity index (χ3v) is 4.10. The topological polar surface area (TPSA) is 73.1 Å². The van der Waals surface area contributed by atoms with Crippen molar-refractivity contribution in [3.05, 3.63) is 35.0 Å². The van der Waals surface area contributed by atoms with Crippen LogP contribution in [0.3, 0.4) is 0 Å². The number of amides is 1. The smallest absolute Gasteiger partial charge is 0.260 e. The summed E-state index contributed by atoms with van der Waals surface area (Å²) >= 11 is 6.53. The van der Waals surface area contributed by atoms with Crippen LogP contribution in [-0.2, 0) is 7.05 Å². The van der Waals surface area contributed by atoms with Gasteiger partial charge in [0, 0.05) is 32.1 Å². The second kappa shape index (κ2) is 6.09. The fourth-order valence-electron chi connectivity index (χ4n) is 2.47. The van der Waals surface area contributed by atoms with Crippen LogP contribution in [0.2, 0.25) is 5.02 Å². The second-order valence-electron chi connectivity index (χ2n) is 5.48. The zero-order chi connectivity index (χ0) is 17.4. The van der Waals surface area contributed by atoms with Crippen LogP contribution in [0.15, 0.2) is 24.4 Å². The van der Waals surface area contributed by atoms with Gasteiger partial charge in [0.2, 0.25) is 5.88 Å². The first-order valence-corrected chi connectivity index (χ1v) is 7.55. The van der Waals surface area contributed by atoms with Gasteiger partial charge in [-0.05, 0) is 12.1 Å². The molecule has 0 saturated heterocycles. The number of ether oxygens (including phenoxy) is 1. The van der Waals surface area contributed by atoms with E-state index in [1.54, 1.807) is 32.0 Å². The largest absolute Gasteiger partial charge is 0.480 e. The van der Waals surface area contributed by atoms with Gasteiger partial charge in [-0.1, -0.05) is 22.9 Å². The Morgan fingerprint density at radius 2 is 2.08 bits per heavy atom. The zero-order valence-corrected chi connectivity index (χ0v) is 14.5. The summed E-state index contributed by atoms with van der Waals surface area (Å²) in [5, 5.41) is 8.79. The number of hydrogen-bond acceptors (Lipinski definition) is 5. The molecule has 2 aromatic heterocycles. The minimum absolute atomic E-state index is 0.209. The highest BCUT2D eigenvalue weighted by molar-refractivity contribution is 6.39. The lowest BCUT2D eigenvalue weighted by atomic mass is 10.1. The molecule has 0 atom stereocenters. The van der Waals surface area contributed by atoms with Gasteiger partial charge in [-0.15, -0.1) is 5.10 Å². The average Bonchev–Trinajstić information content (AvgIpc) is 2.99. The summed E-state index contributed by atoms with van der Waals surface area (Å²) in [6.45, 7) is 0. The number of rotatable bonds is 3. The van der Waals surface area contributed by atoms with Gasteiger partial charge in [-0.2, -0.15) is 0 Å². The van der Waals surface area contributed by atoms with Gasteiger partial charge in [0.25, 0.3) is 5.91 Å². The minimum Gasteiger partial charge on any atom is -0.480 e. The van der Waals surface area contributed by atoms with Crippen LogP contribution in [0.5, 0.6) is 5.88 Å².